The van der Waals surface area contributed by atoms with Crippen molar-refractivity contribution in [2.75, 3.05) is 6.61 Å². The van der Waals surface area contributed by atoms with Crippen molar-refractivity contribution in [1.29, 1.82) is 0 Å². The molecule has 3 aromatic carbocycles. The lowest BCUT2D eigenvalue weighted by atomic mass is 10.00. The first kappa shape index (κ1) is 25.9. The Kier molecular flexibility index (Phi) is 8.63. The van der Waals surface area contributed by atoms with Gasteiger partial charge in [-0.15, -0.1) is 0 Å². The van der Waals surface area contributed by atoms with Crippen LogP contribution in [0.1, 0.15) is 37.5 Å². The summed E-state index contributed by atoms with van der Waals surface area (Å²) in [6.07, 6.45) is 0.333. The van der Waals surface area contributed by atoms with E-state index in [0.29, 0.717) is 6.42 Å². The Hall–Kier alpha value is -3.67. The predicted molar refractivity (Wildman–Crippen MR) is 135 cm³/mol. The predicted octanol–water partition coefficient (Wildman–Crippen LogP) is 5.07. The maximum atomic E-state index is 14.1. The van der Waals surface area contributed by atoms with Crippen LogP contribution in [-0.2, 0) is 22.6 Å². The van der Waals surface area contributed by atoms with Gasteiger partial charge in [0.25, 0.3) is 5.91 Å². The highest BCUT2D eigenvalue weighted by Gasteiger charge is 2.32. The van der Waals surface area contributed by atoms with Crippen molar-refractivity contribution < 1.29 is 18.7 Å². The number of amides is 2. The van der Waals surface area contributed by atoms with Crippen LogP contribution in [0.15, 0.2) is 78.9 Å². The van der Waals surface area contributed by atoms with Gasteiger partial charge in [-0.25, -0.2) is 4.39 Å². The number of nitrogens with zero attached hydrogens (tertiary/aromatic N) is 1. The van der Waals surface area contributed by atoms with Gasteiger partial charge in [0.2, 0.25) is 5.91 Å². The molecule has 0 spiro atoms. The number of ether oxygens (including phenoxy) is 1. The number of aryl methyl sites for hydroxylation is 1. The molecule has 1 N–H and O–H groups in total. The lowest BCUT2D eigenvalue weighted by Gasteiger charge is -2.34. The molecule has 0 unspecified atom stereocenters. The van der Waals surface area contributed by atoms with Gasteiger partial charge in [0.05, 0.1) is 0 Å². The Bertz CT molecular complexity index is 1140. The molecule has 0 aliphatic heterocycles. The number of benzene rings is 3. The first-order chi connectivity index (χ1) is 16.6. The zero-order valence-electron chi connectivity index (χ0n) is 20.8. The molecule has 3 aromatic rings. The summed E-state index contributed by atoms with van der Waals surface area (Å²) < 4.78 is 19.6. The van der Waals surface area contributed by atoms with Crippen LogP contribution in [0.3, 0.4) is 0 Å². The molecule has 0 aliphatic rings. The van der Waals surface area contributed by atoms with Crippen molar-refractivity contribution in [3.8, 4) is 5.75 Å². The van der Waals surface area contributed by atoms with Crippen LogP contribution < -0.4 is 10.1 Å². The third-order valence-corrected chi connectivity index (χ3v) is 5.56. The summed E-state index contributed by atoms with van der Waals surface area (Å²) in [5.74, 6) is -1.21. The highest BCUT2D eigenvalue weighted by atomic mass is 19.1. The molecular formula is C29H33FN2O3. The van der Waals surface area contributed by atoms with E-state index in [1.54, 1.807) is 12.1 Å². The Morgan fingerprint density at radius 1 is 0.943 bits per heavy atom. The van der Waals surface area contributed by atoms with E-state index in [0.717, 1.165) is 16.7 Å². The number of carbonyl (C=O) groups excluding carboxylic acids is 2. The topological polar surface area (TPSA) is 58.6 Å². The fourth-order valence-electron chi connectivity index (χ4n) is 3.76. The number of para-hydroxylation sites is 1. The van der Waals surface area contributed by atoms with Crippen LogP contribution in [0.5, 0.6) is 5.75 Å². The van der Waals surface area contributed by atoms with E-state index in [4.69, 9.17) is 4.74 Å². The number of rotatable bonds is 9. The molecule has 5 nitrogen and oxygen atoms in total. The second-order valence-corrected chi connectivity index (χ2v) is 9.61. The standard InChI is InChI=1S/C29H33FN2O3/c1-21-12-8-9-15-23(21)19-32(27(33)20-35-26-17-11-10-16-24(26)30)25(28(34)31-29(2,3)4)18-22-13-6-5-7-14-22/h5-17,25H,18-20H2,1-4H3,(H,31,34)/t25-/m0/s1. The first-order valence-electron chi connectivity index (χ1n) is 11.7. The van der Waals surface area contributed by atoms with Crippen LogP contribution in [0.2, 0.25) is 0 Å². The van der Waals surface area contributed by atoms with Gasteiger partial charge in [-0.3, -0.25) is 9.59 Å². The van der Waals surface area contributed by atoms with Crippen molar-refractivity contribution in [3.63, 3.8) is 0 Å². The Morgan fingerprint density at radius 3 is 2.23 bits per heavy atom. The van der Waals surface area contributed by atoms with Crippen LogP contribution >= 0.6 is 0 Å². The molecule has 184 valence electrons. The Balaban J connectivity index is 1.95. The molecule has 0 saturated carbocycles. The van der Waals surface area contributed by atoms with Crippen molar-refractivity contribution in [3.05, 3.63) is 101 Å². The minimum absolute atomic E-state index is 0.00422. The minimum Gasteiger partial charge on any atom is -0.481 e. The minimum atomic E-state index is -0.784. The summed E-state index contributed by atoms with van der Waals surface area (Å²) in [5, 5.41) is 3.02. The van der Waals surface area contributed by atoms with Crippen molar-refractivity contribution in [2.45, 2.75) is 52.2 Å². The first-order valence-corrected chi connectivity index (χ1v) is 11.7. The molecule has 0 aliphatic carbocycles. The summed E-state index contributed by atoms with van der Waals surface area (Å²) >= 11 is 0. The van der Waals surface area contributed by atoms with Gasteiger partial charge >= 0.3 is 0 Å². The molecule has 0 saturated heterocycles. The second-order valence-electron chi connectivity index (χ2n) is 9.61. The molecule has 3 rings (SSSR count). The van der Waals surface area contributed by atoms with E-state index in [-0.39, 0.29) is 24.8 Å². The number of nitrogens with one attached hydrogen (secondary N) is 1. The van der Waals surface area contributed by atoms with Crippen LogP contribution in [-0.4, -0.2) is 34.9 Å². The molecular weight excluding hydrogens is 443 g/mol. The van der Waals surface area contributed by atoms with Crippen LogP contribution in [0, 0.1) is 12.7 Å². The van der Waals surface area contributed by atoms with Crippen molar-refractivity contribution in [2.24, 2.45) is 0 Å². The molecule has 35 heavy (non-hydrogen) atoms. The van der Waals surface area contributed by atoms with E-state index < -0.39 is 23.3 Å². The maximum Gasteiger partial charge on any atom is 0.261 e. The molecule has 0 bridgehead atoms. The number of halogens is 1. The van der Waals surface area contributed by atoms with Crippen molar-refractivity contribution >= 4 is 11.8 Å². The fourth-order valence-corrected chi connectivity index (χ4v) is 3.76. The van der Waals surface area contributed by atoms with Gasteiger partial charge in [0.1, 0.15) is 6.04 Å². The van der Waals surface area contributed by atoms with Gasteiger partial charge in [-0.2, -0.15) is 0 Å². The Morgan fingerprint density at radius 2 is 1.57 bits per heavy atom. The highest BCUT2D eigenvalue weighted by Crippen LogP contribution is 2.20. The van der Waals surface area contributed by atoms with Crippen LogP contribution in [0.4, 0.5) is 4.39 Å². The highest BCUT2D eigenvalue weighted by molar-refractivity contribution is 5.89. The molecule has 6 heteroatoms. The molecule has 0 radical (unpaired) electrons. The third-order valence-electron chi connectivity index (χ3n) is 5.56. The molecule has 1 atom stereocenters. The van der Waals surface area contributed by atoms with E-state index >= 15 is 0 Å². The van der Waals surface area contributed by atoms with Gasteiger partial charge in [-0.1, -0.05) is 66.7 Å². The largest absolute Gasteiger partial charge is 0.481 e. The molecule has 2 amide bonds. The number of hydrogen-bond donors (Lipinski definition) is 1. The maximum absolute atomic E-state index is 14.1. The molecule has 0 aromatic heterocycles. The summed E-state index contributed by atoms with van der Waals surface area (Å²) in [5.41, 5.74) is 2.38. The zero-order chi connectivity index (χ0) is 25.4. The SMILES string of the molecule is Cc1ccccc1CN(C(=O)COc1ccccc1F)[C@@H](Cc1ccccc1)C(=O)NC(C)(C)C. The third kappa shape index (κ3) is 7.67. The lowest BCUT2D eigenvalue weighted by molar-refractivity contribution is -0.143. The summed E-state index contributed by atoms with van der Waals surface area (Å²) in [7, 11) is 0. The van der Waals surface area contributed by atoms with E-state index in [9.17, 15) is 14.0 Å². The van der Waals surface area contributed by atoms with Gasteiger partial charge < -0.3 is 15.0 Å². The lowest BCUT2D eigenvalue weighted by Crippen LogP contribution is -2.55. The number of carbonyl (C=O) groups is 2. The smallest absolute Gasteiger partial charge is 0.261 e. The monoisotopic (exact) mass is 476 g/mol. The zero-order valence-corrected chi connectivity index (χ0v) is 20.8. The van der Waals surface area contributed by atoms with Crippen LogP contribution in [0.25, 0.3) is 0 Å². The number of hydrogen-bond acceptors (Lipinski definition) is 3. The summed E-state index contributed by atoms with van der Waals surface area (Å²) in [6, 6.07) is 22.5. The van der Waals surface area contributed by atoms with Gasteiger partial charge in [0, 0.05) is 18.5 Å². The van der Waals surface area contributed by atoms with Crippen molar-refractivity contribution in [1.82, 2.24) is 10.2 Å². The van der Waals surface area contributed by atoms with Gasteiger partial charge in [-0.05, 0) is 56.5 Å². The molecule has 0 fully saturated rings. The Labute approximate surface area is 206 Å². The summed E-state index contributed by atoms with van der Waals surface area (Å²) in [6.45, 7) is 7.51. The quantitative estimate of drug-likeness (QED) is 0.469. The van der Waals surface area contributed by atoms with E-state index in [2.05, 4.69) is 5.32 Å². The normalized spacial score (nSPS) is 12.0. The average Bonchev–Trinajstić information content (AvgIpc) is 2.81. The molecule has 0 heterocycles. The average molecular weight is 477 g/mol. The summed E-state index contributed by atoms with van der Waals surface area (Å²) in [4.78, 5) is 28.6. The fraction of sp³-hybridized carbons (Fsp3) is 0.310. The van der Waals surface area contributed by atoms with Gasteiger partial charge in [0.15, 0.2) is 18.2 Å². The second kappa shape index (κ2) is 11.6. The van der Waals surface area contributed by atoms with E-state index in [1.807, 2.05) is 82.3 Å². The van der Waals surface area contributed by atoms with E-state index in [1.165, 1.54) is 17.0 Å².